The van der Waals surface area contributed by atoms with Crippen LogP contribution in [-0.2, 0) is 4.79 Å². The molecular weight excluding hydrogens is 156 g/mol. The fourth-order valence-electron chi connectivity index (χ4n) is 1.02. The molecule has 0 spiro atoms. The zero-order valence-electron chi connectivity index (χ0n) is 7.77. The Hall–Kier alpha value is -1.19. The average molecular weight is 172 g/mol. The Labute approximate surface area is 72.7 Å². The number of aliphatic carboxylic acids is 1. The van der Waals surface area contributed by atoms with Gasteiger partial charge in [-0.2, -0.15) is 0 Å². The molecule has 0 amide bonds. The fraction of sp³-hybridized carbons (Fsp3) is 0.625. The van der Waals surface area contributed by atoms with Crippen LogP contribution in [-0.4, -0.2) is 25.2 Å². The number of nitrogens with one attached hydrogen (secondary N) is 2. The highest BCUT2D eigenvalue weighted by Gasteiger charge is 2.10. The van der Waals surface area contributed by atoms with Crippen LogP contribution in [0.4, 0.5) is 0 Å². The van der Waals surface area contributed by atoms with Crippen molar-refractivity contribution in [3.8, 4) is 0 Å². The zero-order chi connectivity index (χ0) is 9.56. The quantitative estimate of drug-likeness (QED) is 0.529. The average Bonchev–Trinajstić information content (AvgIpc) is 2.05. The van der Waals surface area contributed by atoms with E-state index in [0.717, 1.165) is 6.42 Å². The second kappa shape index (κ2) is 5.46. The first-order chi connectivity index (χ1) is 5.67. The molecule has 0 unspecified atom stereocenters. The largest absolute Gasteiger partial charge is 0.478 e. The minimum Gasteiger partial charge on any atom is -0.478 e. The van der Waals surface area contributed by atoms with Crippen molar-refractivity contribution >= 4 is 5.97 Å². The first-order valence-corrected chi connectivity index (χ1v) is 3.99. The Morgan fingerprint density at radius 1 is 1.33 bits per heavy atom. The first-order valence-electron chi connectivity index (χ1n) is 3.99. The van der Waals surface area contributed by atoms with Crippen LogP contribution >= 0.6 is 0 Å². The maximum Gasteiger partial charge on any atom is 0.335 e. The summed E-state index contributed by atoms with van der Waals surface area (Å²) in [5, 5.41) is 14.4. The fourth-order valence-corrected chi connectivity index (χ4v) is 1.02. The van der Waals surface area contributed by atoms with E-state index in [-0.39, 0.29) is 0 Å². The van der Waals surface area contributed by atoms with Crippen LogP contribution in [0, 0.1) is 0 Å². The second-order valence-electron chi connectivity index (χ2n) is 2.41. The molecule has 70 valence electrons. The molecule has 0 aliphatic heterocycles. The predicted molar refractivity (Wildman–Crippen MR) is 47.7 cm³/mol. The van der Waals surface area contributed by atoms with Gasteiger partial charge in [-0.25, -0.2) is 4.79 Å². The lowest BCUT2D eigenvalue weighted by Crippen LogP contribution is -2.24. The lowest BCUT2D eigenvalue weighted by Gasteiger charge is -2.10. The molecule has 3 N–H and O–H groups in total. The van der Waals surface area contributed by atoms with E-state index in [1.807, 2.05) is 6.92 Å². The van der Waals surface area contributed by atoms with E-state index >= 15 is 0 Å². The van der Waals surface area contributed by atoms with Crippen LogP contribution in [0.1, 0.15) is 19.8 Å². The molecule has 4 nitrogen and oxygen atoms in total. The van der Waals surface area contributed by atoms with Crippen molar-refractivity contribution in [1.82, 2.24) is 10.6 Å². The Kier molecular flexibility index (Phi) is 4.92. The summed E-state index contributed by atoms with van der Waals surface area (Å²) in [5.74, 6) is -0.278. The van der Waals surface area contributed by atoms with E-state index in [1.54, 1.807) is 14.1 Å². The maximum atomic E-state index is 10.7. The molecule has 0 aromatic heterocycles. The van der Waals surface area contributed by atoms with Crippen molar-refractivity contribution < 1.29 is 9.90 Å². The summed E-state index contributed by atoms with van der Waals surface area (Å²) in [7, 11) is 3.40. The highest BCUT2D eigenvalue weighted by atomic mass is 16.4. The van der Waals surface area contributed by atoms with Crippen LogP contribution in [0.15, 0.2) is 11.4 Å². The summed E-state index contributed by atoms with van der Waals surface area (Å²) < 4.78 is 0. The molecule has 12 heavy (non-hydrogen) atoms. The standard InChI is InChI=1S/C8H16N2O2/c1-4-5-6(8(11)12)7(9-2)10-3/h9-10H,4-5H2,1-3H3,(H,11,12). The molecule has 0 aliphatic rings. The molecule has 0 bridgehead atoms. The van der Waals surface area contributed by atoms with Crippen LogP contribution in [0.25, 0.3) is 0 Å². The predicted octanol–water partition coefficient (Wildman–Crippen LogP) is 0.521. The molecule has 0 atom stereocenters. The third kappa shape index (κ3) is 2.82. The van der Waals surface area contributed by atoms with Gasteiger partial charge in [0.15, 0.2) is 0 Å². The molecule has 0 rings (SSSR count). The molecule has 0 saturated carbocycles. The van der Waals surface area contributed by atoms with Crippen molar-refractivity contribution in [2.45, 2.75) is 19.8 Å². The van der Waals surface area contributed by atoms with Gasteiger partial charge < -0.3 is 15.7 Å². The Morgan fingerprint density at radius 3 is 2.08 bits per heavy atom. The summed E-state index contributed by atoms with van der Waals surface area (Å²) in [6.45, 7) is 1.95. The molecule has 0 fully saturated rings. The topological polar surface area (TPSA) is 61.4 Å². The molecule has 0 radical (unpaired) electrons. The van der Waals surface area contributed by atoms with E-state index in [2.05, 4.69) is 10.6 Å². The van der Waals surface area contributed by atoms with Crippen molar-refractivity contribution in [3.05, 3.63) is 11.4 Å². The van der Waals surface area contributed by atoms with Crippen molar-refractivity contribution in [2.24, 2.45) is 0 Å². The van der Waals surface area contributed by atoms with Gasteiger partial charge in [-0.3, -0.25) is 0 Å². The summed E-state index contributed by atoms with van der Waals surface area (Å²) in [5.41, 5.74) is 0.405. The van der Waals surface area contributed by atoms with Gasteiger partial charge in [0, 0.05) is 14.1 Å². The summed E-state index contributed by atoms with van der Waals surface area (Å²) >= 11 is 0. The minimum atomic E-state index is -0.865. The van der Waals surface area contributed by atoms with E-state index in [0.29, 0.717) is 17.8 Å². The van der Waals surface area contributed by atoms with Gasteiger partial charge in [0.05, 0.1) is 5.57 Å². The smallest absolute Gasteiger partial charge is 0.335 e. The first kappa shape index (κ1) is 10.8. The molecule has 4 heteroatoms. The lowest BCUT2D eigenvalue weighted by molar-refractivity contribution is -0.132. The van der Waals surface area contributed by atoms with Crippen molar-refractivity contribution in [2.75, 3.05) is 14.1 Å². The van der Waals surface area contributed by atoms with Gasteiger partial charge in [0.1, 0.15) is 5.82 Å². The molecule has 0 aromatic rings. The molecular formula is C8H16N2O2. The normalized spacial score (nSPS) is 8.92. The highest BCUT2D eigenvalue weighted by Crippen LogP contribution is 2.07. The monoisotopic (exact) mass is 172 g/mol. The number of hydrogen-bond donors (Lipinski definition) is 3. The zero-order valence-corrected chi connectivity index (χ0v) is 7.77. The summed E-state index contributed by atoms with van der Waals surface area (Å²) in [6, 6.07) is 0. The van der Waals surface area contributed by atoms with E-state index in [9.17, 15) is 4.79 Å². The number of rotatable bonds is 5. The summed E-state index contributed by atoms with van der Waals surface area (Å²) in [4.78, 5) is 10.7. The Balaban J connectivity index is 4.63. The minimum absolute atomic E-state index is 0.405. The van der Waals surface area contributed by atoms with Crippen LogP contribution in [0.2, 0.25) is 0 Å². The third-order valence-electron chi connectivity index (χ3n) is 1.56. The van der Waals surface area contributed by atoms with Gasteiger partial charge in [0.25, 0.3) is 0 Å². The Bertz CT molecular complexity index is 181. The van der Waals surface area contributed by atoms with Gasteiger partial charge in [-0.05, 0) is 6.42 Å². The molecule has 0 heterocycles. The number of hydrogen-bond acceptors (Lipinski definition) is 3. The number of carboxylic acids is 1. The van der Waals surface area contributed by atoms with Gasteiger partial charge in [0.2, 0.25) is 0 Å². The van der Waals surface area contributed by atoms with Gasteiger partial charge in [-0.1, -0.05) is 13.3 Å². The Morgan fingerprint density at radius 2 is 1.83 bits per heavy atom. The molecule has 0 aromatic carbocycles. The highest BCUT2D eigenvalue weighted by molar-refractivity contribution is 5.87. The van der Waals surface area contributed by atoms with E-state index < -0.39 is 5.97 Å². The van der Waals surface area contributed by atoms with Crippen LogP contribution < -0.4 is 10.6 Å². The maximum absolute atomic E-state index is 10.7. The third-order valence-corrected chi connectivity index (χ3v) is 1.56. The lowest BCUT2D eigenvalue weighted by atomic mass is 10.1. The van der Waals surface area contributed by atoms with Crippen LogP contribution in [0.3, 0.4) is 0 Å². The van der Waals surface area contributed by atoms with Crippen LogP contribution in [0.5, 0.6) is 0 Å². The second-order valence-corrected chi connectivity index (χ2v) is 2.41. The number of carboxylic acid groups (broad SMARTS) is 1. The summed E-state index contributed by atoms with van der Waals surface area (Å²) in [6.07, 6.45) is 1.40. The molecule has 0 aliphatic carbocycles. The molecule has 0 saturated heterocycles. The SMILES string of the molecule is CCCC(C(=O)O)=C(NC)NC. The van der Waals surface area contributed by atoms with Gasteiger partial charge >= 0.3 is 5.97 Å². The van der Waals surface area contributed by atoms with Gasteiger partial charge in [-0.15, -0.1) is 0 Å². The van der Waals surface area contributed by atoms with E-state index in [4.69, 9.17) is 5.11 Å². The van der Waals surface area contributed by atoms with Crippen molar-refractivity contribution in [3.63, 3.8) is 0 Å². The van der Waals surface area contributed by atoms with Crippen molar-refractivity contribution in [1.29, 1.82) is 0 Å². The number of carbonyl (C=O) groups is 1. The van der Waals surface area contributed by atoms with E-state index in [1.165, 1.54) is 0 Å².